The molecule has 2 unspecified atom stereocenters. The van der Waals surface area contributed by atoms with E-state index in [1.807, 2.05) is 0 Å². The number of amides is 1. The second-order valence-electron chi connectivity index (χ2n) is 6.05. The van der Waals surface area contributed by atoms with E-state index in [0.717, 1.165) is 32.2 Å². The van der Waals surface area contributed by atoms with Gasteiger partial charge < -0.3 is 11.1 Å². The lowest BCUT2D eigenvalue weighted by Crippen LogP contribution is -2.45. The second kappa shape index (κ2) is 6.76. The molecule has 3 N–H and O–H groups in total. The minimum Gasteiger partial charge on any atom is -0.355 e. The van der Waals surface area contributed by atoms with Crippen LogP contribution in [0.2, 0.25) is 0 Å². The van der Waals surface area contributed by atoms with Crippen molar-refractivity contribution in [2.45, 2.75) is 64.3 Å². The van der Waals surface area contributed by atoms with E-state index in [9.17, 15) is 4.79 Å². The predicted octanol–water partition coefficient (Wildman–Crippen LogP) is 2.62. The number of carbonyl (C=O) groups is 1. The third kappa shape index (κ3) is 3.61. The maximum absolute atomic E-state index is 12.1. The molecule has 18 heavy (non-hydrogen) atoms. The van der Waals surface area contributed by atoms with E-state index in [-0.39, 0.29) is 30.3 Å². The van der Waals surface area contributed by atoms with Crippen LogP contribution in [0.3, 0.4) is 0 Å². The van der Waals surface area contributed by atoms with Crippen LogP contribution in [0.4, 0.5) is 0 Å². The van der Waals surface area contributed by atoms with E-state index in [1.165, 1.54) is 25.7 Å². The van der Waals surface area contributed by atoms with Gasteiger partial charge in [-0.05, 0) is 43.9 Å². The Bertz CT molecular complexity index is 273. The van der Waals surface area contributed by atoms with Crippen molar-refractivity contribution in [3.8, 4) is 0 Å². The molecule has 2 aliphatic carbocycles. The molecule has 0 saturated heterocycles. The summed E-state index contributed by atoms with van der Waals surface area (Å²) in [5.41, 5.74) is 6.35. The molecule has 2 atom stereocenters. The van der Waals surface area contributed by atoms with Crippen molar-refractivity contribution in [1.29, 1.82) is 0 Å². The molecule has 2 fully saturated rings. The van der Waals surface area contributed by atoms with Crippen LogP contribution in [-0.4, -0.2) is 18.5 Å². The molecule has 0 bridgehead atoms. The SMILES string of the molecule is CCC1(CNC(=O)C2CCCC(N)C2)CCC1.Cl. The maximum atomic E-state index is 12.1. The minimum absolute atomic E-state index is 0. The molecule has 0 aromatic rings. The summed E-state index contributed by atoms with van der Waals surface area (Å²) in [6, 6.07) is 0.239. The van der Waals surface area contributed by atoms with Crippen LogP contribution in [0.1, 0.15) is 58.3 Å². The molecule has 106 valence electrons. The van der Waals surface area contributed by atoms with E-state index >= 15 is 0 Å². The smallest absolute Gasteiger partial charge is 0.223 e. The van der Waals surface area contributed by atoms with Crippen LogP contribution >= 0.6 is 12.4 Å². The van der Waals surface area contributed by atoms with Gasteiger partial charge in [0.15, 0.2) is 0 Å². The molecule has 1 amide bonds. The lowest BCUT2D eigenvalue weighted by molar-refractivity contribution is -0.127. The molecule has 4 heteroatoms. The number of rotatable bonds is 4. The summed E-state index contributed by atoms with van der Waals surface area (Å²) in [6.45, 7) is 3.12. The number of nitrogens with two attached hydrogens (primary N) is 1. The zero-order valence-corrected chi connectivity index (χ0v) is 12.2. The third-order valence-electron chi connectivity index (χ3n) is 4.89. The number of hydrogen-bond acceptors (Lipinski definition) is 2. The molecule has 0 heterocycles. The molecule has 2 rings (SSSR count). The van der Waals surface area contributed by atoms with Gasteiger partial charge in [0.2, 0.25) is 5.91 Å². The van der Waals surface area contributed by atoms with Gasteiger partial charge in [0.05, 0.1) is 0 Å². The first kappa shape index (κ1) is 15.8. The topological polar surface area (TPSA) is 55.1 Å². The first-order chi connectivity index (χ1) is 8.15. The highest BCUT2D eigenvalue weighted by atomic mass is 35.5. The molecule has 2 saturated carbocycles. The fourth-order valence-corrected chi connectivity index (χ4v) is 3.22. The van der Waals surface area contributed by atoms with Crippen molar-refractivity contribution in [3.05, 3.63) is 0 Å². The largest absolute Gasteiger partial charge is 0.355 e. The summed E-state index contributed by atoms with van der Waals surface area (Å²) in [7, 11) is 0. The van der Waals surface area contributed by atoms with Gasteiger partial charge in [-0.3, -0.25) is 4.79 Å². The van der Waals surface area contributed by atoms with Crippen LogP contribution in [-0.2, 0) is 4.79 Å². The van der Waals surface area contributed by atoms with Crippen LogP contribution in [0.15, 0.2) is 0 Å². The van der Waals surface area contributed by atoms with Gasteiger partial charge in [-0.1, -0.05) is 19.8 Å². The maximum Gasteiger partial charge on any atom is 0.223 e. The monoisotopic (exact) mass is 274 g/mol. The Balaban J connectivity index is 0.00000162. The van der Waals surface area contributed by atoms with Gasteiger partial charge in [0, 0.05) is 18.5 Å². The zero-order valence-electron chi connectivity index (χ0n) is 11.4. The van der Waals surface area contributed by atoms with E-state index in [0.29, 0.717) is 5.41 Å². The first-order valence-corrected chi connectivity index (χ1v) is 7.18. The Hall–Kier alpha value is -0.280. The molecule has 0 radical (unpaired) electrons. The average molecular weight is 275 g/mol. The van der Waals surface area contributed by atoms with E-state index in [2.05, 4.69) is 12.2 Å². The Morgan fingerprint density at radius 3 is 2.56 bits per heavy atom. The van der Waals surface area contributed by atoms with Crippen molar-refractivity contribution in [3.63, 3.8) is 0 Å². The van der Waals surface area contributed by atoms with E-state index in [4.69, 9.17) is 5.73 Å². The highest BCUT2D eigenvalue weighted by Gasteiger charge is 2.36. The summed E-state index contributed by atoms with van der Waals surface area (Å²) in [4.78, 5) is 12.1. The molecule has 2 aliphatic rings. The molecular weight excluding hydrogens is 248 g/mol. The fraction of sp³-hybridized carbons (Fsp3) is 0.929. The highest BCUT2D eigenvalue weighted by molar-refractivity contribution is 5.85. The fourth-order valence-electron chi connectivity index (χ4n) is 3.22. The second-order valence-corrected chi connectivity index (χ2v) is 6.05. The van der Waals surface area contributed by atoms with Crippen molar-refractivity contribution in [2.75, 3.05) is 6.54 Å². The van der Waals surface area contributed by atoms with Gasteiger partial charge in [-0.25, -0.2) is 0 Å². The minimum atomic E-state index is 0. The lowest BCUT2D eigenvalue weighted by atomic mass is 9.67. The number of nitrogens with one attached hydrogen (secondary N) is 1. The molecule has 0 spiro atoms. The van der Waals surface area contributed by atoms with Crippen molar-refractivity contribution in [2.24, 2.45) is 17.1 Å². The molecule has 0 aromatic heterocycles. The van der Waals surface area contributed by atoms with Gasteiger partial charge in [-0.15, -0.1) is 12.4 Å². The Morgan fingerprint density at radius 1 is 1.33 bits per heavy atom. The van der Waals surface area contributed by atoms with Crippen molar-refractivity contribution >= 4 is 18.3 Å². The quantitative estimate of drug-likeness (QED) is 0.828. The van der Waals surface area contributed by atoms with Gasteiger partial charge in [0.1, 0.15) is 0 Å². The summed E-state index contributed by atoms with van der Waals surface area (Å²) >= 11 is 0. The highest BCUT2D eigenvalue weighted by Crippen LogP contribution is 2.43. The molecule has 0 aromatic carbocycles. The van der Waals surface area contributed by atoms with Gasteiger partial charge in [-0.2, -0.15) is 0 Å². The van der Waals surface area contributed by atoms with Crippen LogP contribution in [0.5, 0.6) is 0 Å². The number of halogens is 1. The zero-order chi connectivity index (χ0) is 12.3. The van der Waals surface area contributed by atoms with Crippen LogP contribution in [0.25, 0.3) is 0 Å². The van der Waals surface area contributed by atoms with Crippen LogP contribution < -0.4 is 11.1 Å². The Morgan fingerprint density at radius 2 is 2.06 bits per heavy atom. The van der Waals surface area contributed by atoms with E-state index in [1.54, 1.807) is 0 Å². The molecule has 0 aliphatic heterocycles. The Kier molecular flexibility index (Phi) is 5.93. The van der Waals surface area contributed by atoms with Crippen molar-refractivity contribution in [1.82, 2.24) is 5.32 Å². The van der Waals surface area contributed by atoms with E-state index < -0.39 is 0 Å². The van der Waals surface area contributed by atoms with Crippen LogP contribution in [0, 0.1) is 11.3 Å². The number of carbonyl (C=O) groups excluding carboxylic acids is 1. The first-order valence-electron chi connectivity index (χ1n) is 7.18. The average Bonchev–Trinajstić information content (AvgIpc) is 2.28. The van der Waals surface area contributed by atoms with Crippen molar-refractivity contribution < 1.29 is 4.79 Å². The number of hydrogen-bond donors (Lipinski definition) is 2. The van der Waals surface area contributed by atoms with Gasteiger partial charge in [0.25, 0.3) is 0 Å². The lowest BCUT2D eigenvalue weighted by Gasteiger charge is -2.41. The standard InChI is InChI=1S/C14H26N2O.ClH/c1-2-14(7-4-8-14)10-16-13(17)11-5-3-6-12(15)9-11;/h11-12H,2-10,15H2,1H3,(H,16,17);1H. The third-order valence-corrected chi connectivity index (χ3v) is 4.89. The predicted molar refractivity (Wildman–Crippen MR) is 76.8 cm³/mol. The van der Waals surface area contributed by atoms with Gasteiger partial charge >= 0.3 is 0 Å². The normalized spacial score (nSPS) is 29.9. The summed E-state index contributed by atoms with van der Waals surface area (Å²) in [5, 5.41) is 3.17. The summed E-state index contributed by atoms with van der Waals surface area (Å²) in [5.74, 6) is 0.424. The Labute approximate surface area is 117 Å². The summed E-state index contributed by atoms with van der Waals surface area (Å²) in [6.07, 6.45) is 9.20. The molecule has 3 nitrogen and oxygen atoms in total. The summed E-state index contributed by atoms with van der Waals surface area (Å²) < 4.78 is 0. The molecular formula is C14H27ClN2O.